The number of benzene rings is 4. The van der Waals surface area contributed by atoms with Crippen molar-refractivity contribution < 1.29 is 28.5 Å². The number of rotatable bonds is 13. The lowest BCUT2D eigenvalue weighted by atomic mass is 10.2. The Bertz CT molecular complexity index is 1270. The Hall–Kier alpha value is -4.98. The highest BCUT2D eigenvalue weighted by atomic mass is 16.5. The lowest BCUT2D eigenvalue weighted by molar-refractivity contribution is -0.122. The maximum atomic E-state index is 13.4. The van der Waals surface area contributed by atoms with E-state index in [2.05, 4.69) is 0 Å². The minimum atomic E-state index is -0.261. The molecule has 8 nitrogen and oxygen atoms in total. The zero-order valence-electron chi connectivity index (χ0n) is 22.6. The molecule has 40 heavy (non-hydrogen) atoms. The van der Waals surface area contributed by atoms with Crippen molar-refractivity contribution in [1.29, 1.82) is 0 Å². The Kier molecular flexibility index (Phi) is 9.99. The molecule has 0 aliphatic heterocycles. The van der Waals surface area contributed by atoms with Crippen molar-refractivity contribution in [2.75, 3.05) is 50.3 Å². The maximum Gasteiger partial charge on any atom is 0.264 e. The molecule has 0 aliphatic carbocycles. The van der Waals surface area contributed by atoms with Crippen molar-refractivity contribution in [3.05, 3.63) is 109 Å². The van der Waals surface area contributed by atoms with Crippen LogP contribution in [0.15, 0.2) is 109 Å². The van der Waals surface area contributed by atoms with Gasteiger partial charge in [0.1, 0.15) is 0 Å². The van der Waals surface area contributed by atoms with Crippen molar-refractivity contribution in [1.82, 2.24) is 0 Å². The van der Waals surface area contributed by atoms with E-state index in [0.717, 1.165) is 0 Å². The van der Waals surface area contributed by atoms with Crippen molar-refractivity contribution in [2.24, 2.45) is 0 Å². The smallest absolute Gasteiger partial charge is 0.264 e. The molecule has 0 fully saturated rings. The molecule has 0 radical (unpaired) electrons. The average molecular weight is 541 g/mol. The van der Waals surface area contributed by atoms with Crippen LogP contribution >= 0.6 is 0 Å². The monoisotopic (exact) mass is 540 g/mol. The predicted octanol–water partition coefficient (Wildman–Crippen LogP) is 5.23. The number of para-hydroxylation sites is 6. The van der Waals surface area contributed by atoms with Crippen LogP contribution in [0.25, 0.3) is 0 Å². The van der Waals surface area contributed by atoms with Gasteiger partial charge in [-0.05, 0) is 48.5 Å². The molecule has 206 valence electrons. The van der Waals surface area contributed by atoms with E-state index in [9.17, 15) is 9.59 Å². The highest BCUT2D eigenvalue weighted by Gasteiger charge is 2.22. The van der Waals surface area contributed by atoms with Gasteiger partial charge in [0.2, 0.25) is 0 Å². The lowest BCUT2D eigenvalue weighted by Crippen LogP contribution is -2.44. The molecule has 0 heterocycles. The second kappa shape index (κ2) is 14.2. The van der Waals surface area contributed by atoms with Gasteiger partial charge in [0.15, 0.2) is 36.2 Å². The van der Waals surface area contributed by atoms with Crippen molar-refractivity contribution >= 4 is 23.2 Å². The molecule has 0 spiro atoms. The number of methoxy groups -OCH3 is 2. The molecule has 8 heteroatoms. The van der Waals surface area contributed by atoms with E-state index in [0.29, 0.717) is 34.4 Å². The molecule has 4 aromatic carbocycles. The summed E-state index contributed by atoms with van der Waals surface area (Å²) in [7, 11) is 3.10. The molecule has 0 aromatic heterocycles. The van der Waals surface area contributed by atoms with Gasteiger partial charge < -0.3 is 28.7 Å². The van der Waals surface area contributed by atoms with E-state index < -0.39 is 0 Å². The van der Waals surface area contributed by atoms with Crippen LogP contribution in [-0.2, 0) is 9.59 Å². The first-order valence-corrected chi connectivity index (χ1v) is 12.8. The van der Waals surface area contributed by atoms with Crippen LogP contribution in [0.2, 0.25) is 0 Å². The maximum absolute atomic E-state index is 13.4. The number of hydrogen-bond acceptors (Lipinski definition) is 6. The fraction of sp³-hybridized carbons (Fsp3) is 0.188. The highest BCUT2D eigenvalue weighted by molar-refractivity contribution is 5.96. The van der Waals surface area contributed by atoms with E-state index in [-0.39, 0.29) is 38.1 Å². The molecular formula is C32H32N2O6. The van der Waals surface area contributed by atoms with Crippen molar-refractivity contribution in [2.45, 2.75) is 0 Å². The Morgan fingerprint density at radius 2 is 0.825 bits per heavy atom. The van der Waals surface area contributed by atoms with Gasteiger partial charge in [-0.15, -0.1) is 0 Å². The van der Waals surface area contributed by atoms with E-state index in [1.807, 2.05) is 84.9 Å². The zero-order chi connectivity index (χ0) is 28.2. The summed E-state index contributed by atoms with van der Waals surface area (Å²) < 4.78 is 22.3. The summed E-state index contributed by atoms with van der Waals surface area (Å²) in [5, 5.41) is 0. The second-order valence-corrected chi connectivity index (χ2v) is 8.64. The standard InChI is InChI=1S/C32H32N2O6/c1-37-27-17-9-11-19-29(27)39-23-31(35)33(25-13-5-3-6-14-25)21-22-34(26-15-7-4-8-16-26)32(36)24-40-30-20-12-10-18-28(30)38-2/h3-20H,21-24H2,1-2H3. The van der Waals surface area contributed by atoms with Gasteiger partial charge in [0.05, 0.1) is 14.2 Å². The summed E-state index contributed by atoms with van der Waals surface area (Å²) >= 11 is 0. The average Bonchev–Trinajstić information content (AvgIpc) is 3.02. The van der Waals surface area contributed by atoms with Crippen LogP contribution in [0.3, 0.4) is 0 Å². The number of carbonyl (C=O) groups is 2. The van der Waals surface area contributed by atoms with Gasteiger partial charge in [-0.1, -0.05) is 60.7 Å². The van der Waals surface area contributed by atoms with Crippen LogP contribution < -0.4 is 28.7 Å². The SMILES string of the molecule is COc1ccccc1OCC(=O)N(CCN(C(=O)COc1ccccc1OC)c1ccccc1)c1ccccc1. The minimum Gasteiger partial charge on any atom is -0.493 e. The van der Waals surface area contributed by atoms with Crippen LogP contribution in [0.5, 0.6) is 23.0 Å². The number of hydrogen-bond donors (Lipinski definition) is 0. The third-order valence-corrected chi connectivity index (χ3v) is 6.13. The highest BCUT2D eigenvalue weighted by Crippen LogP contribution is 2.27. The quantitative estimate of drug-likeness (QED) is 0.231. The molecular weight excluding hydrogens is 508 g/mol. The topological polar surface area (TPSA) is 77.5 Å². The van der Waals surface area contributed by atoms with E-state index in [1.54, 1.807) is 48.3 Å². The van der Waals surface area contributed by atoms with Gasteiger partial charge in [-0.2, -0.15) is 0 Å². The van der Waals surface area contributed by atoms with E-state index in [1.165, 1.54) is 0 Å². The Morgan fingerprint density at radius 3 is 1.18 bits per heavy atom. The fourth-order valence-electron chi connectivity index (χ4n) is 4.12. The van der Waals surface area contributed by atoms with Crippen LogP contribution in [-0.4, -0.2) is 52.3 Å². The van der Waals surface area contributed by atoms with Gasteiger partial charge >= 0.3 is 0 Å². The summed E-state index contributed by atoms with van der Waals surface area (Å²) in [5.41, 5.74) is 1.39. The van der Waals surface area contributed by atoms with Crippen molar-refractivity contribution in [3.63, 3.8) is 0 Å². The second-order valence-electron chi connectivity index (χ2n) is 8.64. The van der Waals surface area contributed by atoms with Gasteiger partial charge in [-0.3, -0.25) is 9.59 Å². The number of amides is 2. The molecule has 0 bridgehead atoms. The minimum absolute atomic E-state index is 0.203. The summed E-state index contributed by atoms with van der Waals surface area (Å²) in [6, 6.07) is 32.9. The van der Waals surface area contributed by atoms with Crippen LogP contribution in [0.1, 0.15) is 0 Å². The summed E-state index contributed by atoms with van der Waals surface area (Å²) in [5.74, 6) is 1.50. The molecule has 0 saturated carbocycles. The third kappa shape index (κ3) is 7.32. The largest absolute Gasteiger partial charge is 0.493 e. The first-order valence-electron chi connectivity index (χ1n) is 12.8. The molecule has 0 N–H and O–H groups in total. The lowest BCUT2D eigenvalue weighted by Gasteiger charge is -2.28. The molecule has 0 aliphatic rings. The first-order chi connectivity index (χ1) is 19.6. The molecule has 2 amide bonds. The molecule has 4 aromatic rings. The van der Waals surface area contributed by atoms with Gasteiger partial charge in [0, 0.05) is 24.5 Å². The third-order valence-electron chi connectivity index (χ3n) is 6.13. The van der Waals surface area contributed by atoms with Crippen molar-refractivity contribution in [3.8, 4) is 23.0 Å². The fourth-order valence-corrected chi connectivity index (χ4v) is 4.12. The Labute approximate surface area is 234 Å². The zero-order valence-corrected chi connectivity index (χ0v) is 22.6. The molecule has 4 rings (SSSR count). The summed E-state index contributed by atoms with van der Waals surface area (Å²) in [4.78, 5) is 30.1. The number of anilines is 2. The normalized spacial score (nSPS) is 10.3. The van der Waals surface area contributed by atoms with Crippen LogP contribution in [0.4, 0.5) is 11.4 Å². The van der Waals surface area contributed by atoms with E-state index in [4.69, 9.17) is 18.9 Å². The van der Waals surface area contributed by atoms with Gasteiger partial charge in [-0.25, -0.2) is 0 Å². The molecule has 0 unspecified atom stereocenters. The predicted molar refractivity (Wildman–Crippen MR) is 155 cm³/mol. The Morgan fingerprint density at radius 1 is 0.500 bits per heavy atom. The van der Waals surface area contributed by atoms with Gasteiger partial charge in [0.25, 0.3) is 11.8 Å². The Balaban J connectivity index is 1.50. The summed E-state index contributed by atoms with van der Waals surface area (Å²) in [6.45, 7) is 0.0533. The molecule has 0 atom stereocenters. The molecule has 0 saturated heterocycles. The first kappa shape index (κ1) is 28.0. The number of carbonyl (C=O) groups excluding carboxylic acids is 2. The van der Waals surface area contributed by atoms with E-state index >= 15 is 0 Å². The summed E-state index contributed by atoms with van der Waals surface area (Å²) in [6.07, 6.45) is 0. The number of nitrogens with zero attached hydrogens (tertiary/aromatic N) is 2. The number of ether oxygens (including phenoxy) is 4. The van der Waals surface area contributed by atoms with Crippen LogP contribution in [0, 0.1) is 0 Å².